The van der Waals surface area contributed by atoms with Crippen LogP contribution in [0.25, 0.3) is 6.08 Å². The first-order chi connectivity index (χ1) is 11.5. The second-order valence-electron chi connectivity index (χ2n) is 4.99. The lowest BCUT2D eigenvalue weighted by Crippen LogP contribution is -2.54. The van der Waals surface area contributed by atoms with Gasteiger partial charge in [-0.25, -0.2) is 14.1 Å². The van der Waals surface area contributed by atoms with Crippen LogP contribution < -0.4 is 10.2 Å². The minimum absolute atomic E-state index is 0.0479. The Bertz CT molecular complexity index is 878. The highest BCUT2D eigenvalue weighted by Crippen LogP contribution is 2.22. The van der Waals surface area contributed by atoms with Gasteiger partial charge in [-0.05, 0) is 42.0 Å². The summed E-state index contributed by atoms with van der Waals surface area (Å²) >= 11 is 3.29. The summed E-state index contributed by atoms with van der Waals surface area (Å²) in [5, 5.41) is 2.09. The Balaban J connectivity index is 2.01. The van der Waals surface area contributed by atoms with Crippen LogP contribution in [0.4, 0.5) is 14.9 Å². The maximum atomic E-state index is 13.4. The van der Waals surface area contributed by atoms with E-state index < -0.39 is 23.7 Å². The number of nitrogens with one attached hydrogen (secondary N) is 1. The molecule has 2 aromatic rings. The van der Waals surface area contributed by atoms with Gasteiger partial charge in [-0.3, -0.25) is 14.9 Å². The van der Waals surface area contributed by atoms with E-state index in [0.717, 1.165) is 15.4 Å². The lowest BCUT2D eigenvalue weighted by Gasteiger charge is -2.26. The number of benzene rings is 2. The van der Waals surface area contributed by atoms with E-state index in [1.807, 2.05) is 0 Å². The number of carbonyl (C=O) groups excluding carboxylic acids is 3. The number of urea groups is 1. The highest BCUT2D eigenvalue weighted by molar-refractivity contribution is 9.10. The Labute approximate surface area is 144 Å². The molecule has 0 aliphatic carbocycles. The van der Waals surface area contributed by atoms with E-state index in [9.17, 15) is 18.8 Å². The van der Waals surface area contributed by atoms with Crippen LogP contribution in [-0.4, -0.2) is 17.8 Å². The van der Waals surface area contributed by atoms with Crippen molar-refractivity contribution in [2.45, 2.75) is 0 Å². The number of rotatable bonds is 2. The van der Waals surface area contributed by atoms with Gasteiger partial charge in [-0.15, -0.1) is 0 Å². The molecule has 0 atom stereocenters. The number of carbonyl (C=O) groups is 3. The number of hydrogen-bond acceptors (Lipinski definition) is 3. The summed E-state index contributed by atoms with van der Waals surface area (Å²) in [6.45, 7) is 0. The van der Waals surface area contributed by atoms with E-state index in [0.29, 0.717) is 5.56 Å². The molecular formula is C17H10BrFN2O3. The summed E-state index contributed by atoms with van der Waals surface area (Å²) in [7, 11) is 0. The molecule has 24 heavy (non-hydrogen) atoms. The van der Waals surface area contributed by atoms with Gasteiger partial charge in [0.15, 0.2) is 0 Å². The van der Waals surface area contributed by atoms with Crippen LogP contribution in [0.15, 0.2) is 58.6 Å². The van der Waals surface area contributed by atoms with Crippen molar-refractivity contribution in [3.8, 4) is 0 Å². The highest BCUT2D eigenvalue weighted by atomic mass is 79.9. The number of halogens is 2. The number of anilines is 1. The molecule has 0 aromatic heterocycles. The van der Waals surface area contributed by atoms with Crippen molar-refractivity contribution in [2.75, 3.05) is 4.90 Å². The summed E-state index contributed by atoms with van der Waals surface area (Å²) in [6.07, 6.45) is 1.38. The molecule has 0 radical (unpaired) electrons. The molecule has 120 valence electrons. The molecule has 2 aromatic carbocycles. The highest BCUT2D eigenvalue weighted by Gasteiger charge is 2.36. The zero-order valence-corrected chi connectivity index (χ0v) is 13.7. The Kier molecular flexibility index (Phi) is 4.26. The van der Waals surface area contributed by atoms with Crippen LogP contribution in [0, 0.1) is 5.82 Å². The molecule has 1 aliphatic rings. The fraction of sp³-hybridized carbons (Fsp3) is 0. The molecule has 1 fully saturated rings. The van der Waals surface area contributed by atoms with Crippen LogP contribution >= 0.6 is 15.9 Å². The first kappa shape index (κ1) is 16.1. The van der Waals surface area contributed by atoms with E-state index in [1.165, 1.54) is 24.3 Å². The number of amides is 4. The third-order valence-corrected chi connectivity index (χ3v) is 3.88. The predicted octanol–water partition coefficient (Wildman–Crippen LogP) is 3.25. The van der Waals surface area contributed by atoms with E-state index in [-0.39, 0.29) is 11.3 Å². The first-order valence-electron chi connectivity index (χ1n) is 6.88. The van der Waals surface area contributed by atoms with E-state index >= 15 is 0 Å². The standard InChI is InChI=1S/C17H10BrFN2O3/c18-11-6-4-10(5-7-11)8-14-15(22)20-17(24)21(16(14)23)13-3-1-2-12(19)9-13/h1-9H,(H,20,22,24)/b14-8+. The van der Waals surface area contributed by atoms with Gasteiger partial charge in [-0.1, -0.05) is 34.1 Å². The van der Waals surface area contributed by atoms with Gasteiger partial charge >= 0.3 is 6.03 Å². The van der Waals surface area contributed by atoms with Crippen molar-refractivity contribution in [2.24, 2.45) is 0 Å². The largest absolute Gasteiger partial charge is 0.335 e. The van der Waals surface area contributed by atoms with E-state index in [2.05, 4.69) is 21.2 Å². The topological polar surface area (TPSA) is 66.5 Å². The van der Waals surface area contributed by atoms with Crippen LogP contribution in [-0.2, 0) is 9.59 Å². The van der Waals surface area contributed by atoms with Crippen molar-refractivity contribution >= 4 is 45.5 Å². The third kappa shape index (κ3) is 3.11. The molecule has 4 amide bonds. The van der Waals surface area contributed by atoms with Gasteiger partial charge < -0.3 is 0 Å². The maximum absolute atomic E-state index is 13.4. The fourth-order valence-corrected chi connectivity index (χ4v) is 2.50. The molecule has 1 saturated heterocycles. The summed E-state index contributed by atoms with van der Waals surface area (Å²) in [4.78, 5) is 37.3. The van der Waals surface area contributed by atoms with Crippen molar-refractivity contribution in [1.29, 1.82) is 0 Å². The van der Waals surface area contributed by atoms with E-state index in [1.54, 1.807) is 24.3 Å². The zero-order valence-electron chi connectivity index (χ0n) is 12.1. The predicted molar refractivity (Wildman–Crippen MR) is 89.5 cm³/mol. The summed E-state index contributed by atoms with van der Waals surface area (Å²) in [5.74, 6) is -2.19. The Morgan fingerprint density at radius 1 is 1.04 bits per heavy atom. The molecule has 1 aliphatic heterocycles. The molecule has 0 unspecified atom stereocenters. The average Bonchev–Trinajstić information content (AvgIpc) is 2.53. The van der Waals surface area contributed by atoms with Crippen molar-refractivity contribution < 1.29 is 18.8 Å². The second kappa shape index (κ2) is 6.37. The second-order valence-corrected chi connectivity index (χ2v) is 5.90. The van der Waals surface area contributed by atoms with Gasteiger partial charge in [0, 0.05) is 4.47 Å². The lowest BCUT2D eigenvalue weighted by atomic mass is 10.1. The Hall–Kier alpha value is -2.80. The Morgan fingerprint density at radius 2 is 1.75 bits per heavy atom. The molecule has 0 spiro atoms. The number of nitrogens with zero attached hydrogens (tertiary/aromatic N) is 1. The number of barbiturate groups is 1. The Morgan fingerprint density at radius 3 is 2.42 bits per heavy atom. The molecule has 0 bridgehead atoms. The molecule has 7 heteroatoms. The molecule has 1 N–H and O–H groups in total. The average molecular weight is 389 g/mol. The van der Waals surface area contributed by atoms with Crippen LogP contribution in [0.1, 0.15) is 5.56 Å². The summed E-state index contributed by atoms with van der Waals surface area (Å²) in [5.41, 5.74) is 0.457. The number of imide groups is 2. The minimum Gasteiger partial charge on any atom is -0.273 e. The van der Waals surface area contributed by atoms with Crippen LogP contribution in [0.3, 0.4) is 0 Å². The van der Waals surface area contributed by atoms with Gasteiger partial charge in [0.1, 0.15) is 11.4 Å². The normalized spacial score (nSPS) is 16.5. The molecule has 0 saturated carbocycles. The van der Waals surface area contributed by atoms with Crippen molar-refractivity contribution in [3.05, 3.63) is 70.0 Å². The lowest BCUT2D eigenvalue weighted by molar-refractivity contribution is -0.122. The molecule has 3 rings (SSSR count). The van der Waals surface area contributed by atoms with Gasteiger partial charge in [0.2, 0.25) is 0 Å². The number of hydrogen-bond donors (Lipinski definition) is 1. The SMILES string of the molecule is O=C1NC(=O)N(c2cccc(F)c2)C(=O)/C1=C/c1ccc(Br)cc1. The quantitative estimate of drug-likeness (QED) is 0.634. The summed E-state index contributed by atoms with van der Waals surface area (Å²) in [6, 6.07) is 11.0. The van der Waals surface area contributed by atoms with Gasteiger partial charge in [0.05, 0.1) is 5.69 Å². The molecule has 1 heterocycles. The molecule has 5 nitrogen and oxygen atoms in total. The van der Waals surface area contributed by atoms with Crippen LogP contribution in [0.5, 0.6) is 0 Å². The van der Waals surface area contributed by atoms with Gasteiger partial charge in [-0.2, -0.15) is 0 Å². The first-order valence-corrected chi connectivity index (χ1v) is 7.67. The van der Waals surface area contributed by atoms with Crippen molar-refractivity contribution in [1.82, 2.24) is 5.32 Å². The van der Waals surface area contributed by atoms with E-state index in [4.69, 9.17) is 0 Å². The minimum atomic E-state index is -0.913. The zero-order chi connectivity index (χ0) is 17.3. The smallest absolute Gasteiger partial charge is 0.273 e. The molecular weight excluding hydrogens is 379 g/mol. The monoisotopic (exact) mass is 388 g/mol. The van der Waals surface area contributed by atoms with Crippen LogP contribution in [0.2, 0.25) is 0 Å². The fourth-order valence-electron chi connectivity index (χ4n) is 2.23. The van der Waals surface area contributed by atoms with Gasteiger partial charge in [0.25, 0.3) is 11.8 Å². The maximum Gasteiger partial charge on any atom is 0.335 e. The summed E-state index contributed by atoms with van der Waals surface area (Å²) < 4.78 is 14.2. The van der Waals surface area contributed by atoms with Crippen molar-refractivity contribution in [3.63, 3.8) is 0 Å². The third-order valence-electron chi connectivity index (χ3n) is 3.35.